The fourth-order valence-electron chi connectivity index (χ4n) is 4.25. The Morgan fingerprint density at radius 1 is 0.735 bits per heavy atom. The van der Waals surface area contributed by atoms with Gasteiger partial charge in [-0.25, -0.2) is 0 Å². The Balaban J connectivity index is 2.21. The lowest BCUT2D eigenvalue weighted by Gasteiger charge is -2.27. The Labute approximate surface area is 213 Å². The Hall–Kier alpha value is -1.55. The smallest absolute Gasteiger partial charge is 0.323 e. The first kappa shape index (κ1) is 30.5. The Bertz CT molecular complexity index is 684. The molecule has 4 nitrogen and oxygen atoms in total. The zero-order valence-corrected chi connectivity index (χ0v) is 22.6. The minimum Gasteiger partial charge on any atom is -0.465 e. The normalized spacial score (nSPS) is 11.4. The van der Waals surface area contributed by atoms with E-state index >= 15 is 0 Å². The summed E-state index contributed by atoms with van der Waals surface area (Å²) in [4.78, 5) is 25.6. The van der Waals surface area contributed by atoms with Crippen molar-refractivity contribution in [3.63, 3.8) is 0 Å². The molecule has 0 saturated carbocycles. The maximum Gasteiger partial charge on any atom is 0.323 e. The number of ether oxygens (including phenoxy) is 2. The predicted molar refractivity (Wildman–Crippen MR) is 141 cm³/mol. The van der Waals surface area contributed by atoms with Crippen molar-refractivity contribution in [2.75, 3.05) is 6.61 Å². The third kappa shape index (κ3) is 11.7. The van der Waals surface area contributed by atoms with Crippen LogP contribution in [-0.4, -0.2) is 18.5 Å². The fourth-order valence-corrected chi connectivity index (χ4v) is 4.46. The maximum atomic E-state index is 12.8. The van der Waals surface area contributed by atoms with Gasteiger partial charge in [-0.3, -0.25) is 9.59 Å². The summed E-state index contributed by atoms with van der Waals surface area (Å²) >= 11 is 5.99. The summed E-state index contributed by atoms with van der Waals surface area (Å²) in [6.45, 7) is 6.37. The van der Waals surface area contributed by atoms with Crippen molar-refractivity contribution in [1.29, 1.82) is 0 Å². The molecule has 0 amide bonds. The molecule has 0 fully saturated rings. The summed E-state index contributed by atoms with van der Waals surface area (Å²) in [6.07, 6.45) is 17.2. The molecule has 1 rings (SSSR count). The minimum atomic E-state index is -1.24. The lowest BCUT2D eigenvalue weighted by atomic mass is 9.82. The number of esters is 2. The van der Waals surface area contributed by atoms with Gasteiger partial charge in [0.15, 0.2) is 5.41 Å². The van der Waals surface area contributed by atoms with E-state index in [9.17, 15) is 9.59 Å². The topological polar surface area (TPSA) is 52.6 Å². The molecule has 0 N–H and O–H groups in total. The van der Waals surface area contributed by atoms with Crippen LogP contribution >= 0.6 is 11.6 Å². The molecule has 1 aromatic carbocycles. The van der Waals surface area contributed by atoms with Crippen molar-refractivity contribution >= 4 is 23.5 Å². The Morgan fingerprint density at radius 3 is 1.74 bits per heavy atom. The number of hydrogen-bond donors (Lipinski definition) is 0. The first-order chi connectivity index (χ1) is 16.5. The van der Waals surface area contributed by atoms with Gasteiger partial charge in [0.2, 0.25) is 0 Å². The number of rotatable bonds is 20. The van der Waals surface area contributed by atoms with E-state index < -0.39 is 17.4 Å². The summed E-state index contributed by atoms with van der Waals surface area (Å²) in [5, 5.41) is 0.586. The molecule has 5 heteroatoms. The highest BCUT2D eigenvalue weighted by Gasteiger charge is 2.45. The number of halogens is 1. The maximum absolute atomic E-state index is 12.8. The molecule has 0 aliphatic heterocycles. The first-order valence-corrected chi connectivity index (χ1v) is 14.0. The molecule has 1 aromatic rings. The highest BCUT2D eigenvalue weighted by atomic mass is 35.5. The third-order valence-electron chi connectivity index (χ3n) is 6.73. The zero-order chi connectivity index (χ0) is 25.1. The largest absolute Gasteiger partial charge is 0.465 e. The van der Waals surface area contributed by atoms with Gasteiger partial charge < -0.3 is 9.47 Å². The van der Waals surface area contributed by atoms with Crippen LogP contribution in [-0.2, 0) is 25.7 Å². The van der Waals surface area contributed by atoms with E-state index in [4.69, 9.17) is 21.1 Å². The molecule has 0 radical (unpaired) electrons. The van der Waals surface area contributed by atoms with E-state index in [-0.39, 0.29) is 6.61 Å². The molecule has 0 aromatic heterocycles. The molecule has 0 bridgehead atoms. The van der Waals surface area contributed by atoms with Crippen molar-refractivity contribution in [2.24, 2.45) is 5.41 Å². The number of carbonyl (C=O) groups excluding carboxylic acids is 2. The van der Waals surface area contributed by atoms with E-state index in [1.807, 2.05) is 26.0 Å². The summed E-state index contributed by atoms with van der Waals surface area (Å²) in [5.74, 6) is -0.986. The van der Waals surface area contributed by atoms with Crippen LogP contribution in [0.1, 0.15) is 123 Å². The number of carbonyl (C=O) groups is 2. The van der Waals surface area contributed by atoms with Crippen LogP contribution in [0.5, 0.6) is 0 Å². The fraction of sp³-hybridized carbons (Fsp3) is 0.724. The van der Waals surface area contributed by atoms with Crippen molar-refractivity contribution in [1.82, 2.24) is 0 Å². The lowest BCUT2D eigenvalue weighted by molar-refractivity contribution is -0.174. The monoisotopic (exact) mass is 494 g/mol. The van der Waals surface area contributed by atoms with Crippen LogP contribution in [0.4, 0.5) is 0 Å². The minimum absolute atomic E-state index is 0.0906. The second-order valence-corrected chi connectivity index (χ2v) is 9.81. The van der Waals surface area contributed by atoms with E-state index in [1.165, 1.54) is 70.6 Å². The van der Waals surface area contributed by atoms with Crippen LogP contribution in [0.3, 0.4) is 0 Å². The SMILES string of the molecule is CCCCCCCCCCCCCCCOC(=O)C(CC)(CC)C(=O)OCc1cccc(Cl)c1. The van der Waals surface area contributed by atoms with Crippen molar-refractivity contribution in [3.8, 4) is 0 Å². The van der Waals surface area contributed by atoms with Gasteiger partial charge in [-0.1, -0.05) is 122 Å². The average Bonchev–Trinajstić information content (AvgIpc) is 2.84. The van der Waals surface area contributed by atoms with E-state index in [2.05, 4.69) is 6.92 Å². The lowest BCUT2D eigenvalue weighted by Crippen LogP contribution is -2.41. The van der Waals surface area contributed by atoms with E-state index in [0.717, 1.165) is 18.4 Å². The standard InChI is InChI=1S/C29H47ClO4/c1-4-7-8-9-10-11-12-13-14-15-16-17-18-22-33-27(31)29(5-2,6-3)28(32)34-24-25-20-19-21-26(30)23-25/h19-21,23H,4-18,22,24H2,1-3H3. The highest BCUT2D eigenvalue weighted by molar-refractivity contribution is 6.30. The van der Waals surface area contributed by atoms with Crippen LogP contribution in [0.25, 0.3) is 0 Å². The molecular formula is C29H47ClO4. The Morgan fingerprint density at radius 2 is 1.24 bits per heavy atom. The molecule has 0 spiro atoms. The highest BCUT2D eigenvalue weighted by Crippen LogP contribution is 2.31. The molecule has 194 valence electrons. The van der Waals surface area contributed by atoms with Gasteiger partial charge in [-0.05, 0) is 37.0 Å². The Kier molecular flexibility index (Phi) is 16.8. The second-order valence-electron chi connectivity index (χ2n) is 9.37. The van der Waals surface area contributed by atoms with Gasteiger partial charge >= 0.3 is 11.9 Å². The van der Waals surface area contributed by atoms with Gasteiger partial charge in [0.1, 0.15) is 6.61 Å². The first-order valence-electron chi connectivity index (χ1n) is 13.6. The van der Waals surface area contributed by atoms with Gasteiger partial charge in [-0.2, -0.15) is 0 Å². The van der Waals surface area contributed by atoms with Gasteiger partial charge in [0.25, 0.3) is 0 Å². The van der Waals surface area contributed by atoms with Crippen LogP contribution in [0.15, 0.2) is 24.3 Å². The zero-order valence-electron chi connectivity index (χ0n) is 21.8. The molecular weight excluding hydrogens is 448 g/mol. The number of hydrogen-bond acceptors (Lipinski definition) is 4. The molecule has 0 heterocycles. The second kappa shape index (κ2) is 18.7. The molecule has 34 heavy (non-hydrogen) atoms. The molecule has 0 atom stereocenters. The van der Waals surface area contributed by atoms with Crippen molar-refractivity contribution < 1.29 is 19.1 Å². The van der Waals surface area contributed by atoms with Gasteiger partial charge in [-0.15, -0.1) is 0 Å². The number of benzene rings is 1. The average molecular weight is 495 g/mol. The van der Waals surface area contributed by atoms with Gasteiger partial charge in [0.05, 0.1) is 6.61 Å². The molecule has 0 aliphatic carbocycles. The van der Waals surface area contributed by atoms with E-state index in [0.29, 0.717) is 24.5 Å². The number of unbranched alkanes of at least 4 members (excludes halogenated alkanes) is 12. The van der Waals surface area contributed by atoms with Gasteiger partial charge in [0, 0.05) is 5.02 Å². The molecule has 0 saturated heterocycles. The quantitative estimate of drug-likeness (QED) is 0.103. The van der Waals surface area contributed by atoms with E-state index in [1.54, 1.807) is 12.1 Å². The summed E-state index contributed by atoms with van der Waals surface area (Å²) in [7, 11) is 0. The summed E-state index contributed by atoms with van der Waals surface area (Å²) < 4.78 is 11.0. The third-order valence-corrected chi connectivity index (χ3v) is 6.96. The summed E-state index contributed by atoms with van der Waals surface area (Å²) in [5.41, 5.74) is -0.447. The summed E-state index contributed by atoms with van der Waals surface area (Å²) in [6, 6.07) is 7.17. The van der Waals surface area contributed by atoms with Crippen LogP contribution in [0.2, 0.25) is 5.02 Å². The molecule has 0 aliphatic rings. The van der Waals surface area contributed by atoms with Crippen molar-refractivity contribution in [2.45, 2.75) is 124 Å². The molecule has 0 unspecified atom stereocenters. The van der Waals surface area contributed by atoms with Crippen LogP contribution < -0.4 is 0 Å². The predicted octanol–water partition coefficient (Wildman–Crippen LogP) is 8.82. The van der Waals surface area contributed by atoms with Crippen molar-refractivity contribution in [3.05, 3.63) is 34.9 Å². The van der Waals surface area contributed by atoms with Crippen LogP contribution in [0, 0.1) is 5.41 Å².